The molecule has 1 aromatic rings. The first-order valence-corrected chi connectivity index (χ1v) is 8.88. The molecule has 5 N–H and O–H groups in total. The third-order valence-electron chi connectivity index (χ3n) is 3.68. The van der Waals surface area contributed by atoms with Gasteiger partial charge in [-0.2, -0.15) is 0 Å². The lowest BCUT2D eigenvalue weighted by molar-refractivity contribution is -0.179. The predicted octanol–water partition coefficient (Wildman–Crippen LogP) is 1.53. The van der Waals surface area contributed by atoms with Gasteiger partial charge in [0, 0.05) is 11.3 Å². The first-order valence-electron chi connectivity index (χ1n) is 8.88. The zero-order valence-electron chi connectivity index (χ0n) is 17.4. The molecule has 0 heterocycles. The van der Waals surface area contributed by atoms with Crippen LogP contribution in [0.5, 0.6) is 0 Å². The van der Waals surface area contributed by atoms with Crippen LogP contribution < -0.4 is 11.5 Å². The van der Waals surface area contributed by atoms with Gasteiger partial charge in [0.2, 0.25) is 5.54 Å². The van der Waals surface area contributed by atoms with Crippen LogP contribution in [0.15, 0.2) is 24.3 Å². The van der Waals surface area contributed by atoms with Crippen molar-refractivity contribution in [3.05, 3.63) is 29.8 Å². The number of Topliss-reactive ketones (excluding diaryl/α,β-unsaturated/α-hetero) is 1. The van der Waals surface area contributed by atoms with E-state index in [1.54, 1.807) is 6.07 Å². The molecule has 9 heteroatoms. The summed E-state index contributed by atoms with van der Waals surface area (Å²) in [6.45, 7) is 9.05. The quantitative estimate of drug-likeness (QED) is 0.274. The number of benzene rings is 1. The number of hydrogen-bond acceptors (Lipinski definition) is 8. The summed E-state index contributed by atoms with van der Waals surface area (Å²) in [4.78, 5) is 50.9. The number of para-hydroxylation sites is 1. The van der Waals surface area contributed by atoms with Crippen LogP contribution in [-0.2, 0) is 23.9 Å². The minimum atomic E-state index is -3.03. The van der Waals surface area contributed by atoms with Crippen LogP contribution >= 0.6 is 0 Å². The predicted molar refractivity (Wildman–Crippen MR) is 105 cm³/mol. The molecular weight excluding hydrogens is 380 g/mol. The van der Waals surface area contributed by atoms with Gasteiger partial charge in [0.15, 0.2) is 11.7 Å². The van der Waals surface area contributed by atoms with Crippen molar-refractivity contribution in [1.29, 1.82) is 0 Å². The van der Waals surface area contributed by atoms with E-state index in [0.717, 1.165) is 0 Å². The van der Waals surface area contributed by atoms with Crippen LogP contribution in [0, 0.1) is 5.92 Å². The molecule has 0 radical (unpaired) electrons. The summed E-state index contributed by atoms with van der Waals surface area (Å²) >= 11 is 0. The lowest BCUT2D eigenvalue weighted by Gasteiger charge is -2.33. The molecule has 1 rings (SSSR count). The number of carboxylic acid groups (broad SMARTS) is 1. The number of carbonyl (C=O) groups excluding carboxylic acids is 3. The minimum absolute atomic E-state index is 0.0111. The zero-order valence-corrected chi connectivity index (χ0v) is 17.4. The second kappa shape index (κ2) is 8.20. The van der Waals surface area contributed by atoms with Gasteiger partial charge in [0.05, 0.1) is 0 Å². The number of carboxylic acids is 1. The van der Waals surface area contributed by atoms with E-state index in [4.69, 9.17) is 20.9 Å². The molecule has 2 atom stereocenters. The molecule has 1 aromatic carbocycles. The number of ketones is 1. The van der Waals surface area contributed by atoms with Gasteiger partial charge >= 0.3 is 17.9 Å². The molecule has 0 saturated heterocycles. The van der Waals surface area contributed by atoms with Gasteiger partial charge in [-0.1, -0.05) is 12.1 Å². The SMILES string of the molecule is CC(C)(C)OC(=O)C(C(=O)c1ccccc1N)C(N)(C(=O)O)C(=O)OC(C)(C)C. The Balaban J connectivity index is 3.64. The lowest BCUT2D eigenvalue weighted by atomic mass is 9.78. The lowest BCUT2D eigenvalue weighted by Crippen LogP contribution is -2.66. The van der Waals surface area contributed by atoms with Gasteiger partial charge in [0.25, 0.3) is 0 Å². The molecule has 29 heavy (non-hydrogen) atoms. The second-order valence-electron chi connectivity index (χ2n) is 8.59. The highest BCUT2D eigenvalue weighted by atomic mass is 16.6. The number of anilines is 1. The fourth-order valence-corrected chi connectivity index (χ4v) is 2.43. The summed E-state index contributed by atoms with van der Waals surface area (Å²) < 4.78 is 10.3. The summed E-state index contributed by atoms with van der Waals surface area (Å²) in [6, 6.07) is 5.72. The van der Waals surface area contributed by atoms with Crippen molar-refractivity contribution in [3.8, 4) is 0 Å². The Bertz CT molecular complexity index is 821. The molecule has 0 saturated carbocycles. The van der Waals surface area contributed by atoms with Crippen molar-refractivity contribution in [2.45, 2.75) is 58.3 Å². The summed E-state index contributed by atoms with van der Waals surface area (Å²) in [6.07, 6.45) is 0. The van der Waals surface area contributed by atoms with E-state index >= 15 is 0 Å². The molecule has 0 spiro atoms. The number of rotatable bonds is 6. The molecule has 160 valence electrons. The topological polar surface area (TPSA) is 159 Å². The van der Waals surface area contributed by atoms with Crippen molar-refractivity contribution in [2.24, 2.45) is 11.7 Å². The first kappa shape index (κ1) is 24.1. The van der Waals surface area contributed by atoms with Gasteiger partial charge in [-0.05, 0) is 53.7 Å². The minimum Gasteiger partial charge on any atom is -0.479 e. The number of nitrogen functional groups attached to an aromatic ring is 1. The van der Waals surface area contributed by atoms with Gasteiger partial charge in [-0.3, -0.25) is 9.59 Å². The molecule has 0 aliphatic carbocycles. The molecule has 9 nitrogen and oxygen atoms in total. The van der Waals surface area contributed by atoms with Crippen molar-refractivity contribution < 1.29 is 33.8 Å². The highest BCUT2D eigenvalue weighted by Crippen LogP contribution is 2.29. The Morgan fingerprint density at radius 1 is 0.931 bits per heavy atom. The molecule has 0 aliphatic rings. The number of ether oxygens (including phenoxy) is 2. The van der Waals surface area contributed by atoms with E-state index in [1.165, 1.54) is 59.7 Å². The normalized spacial score (nSPS) is 15.0. The fraction of sp³-hybridized carbons (Fsp3) is 0.500. The highest BCUT2D eigenvalue weighted by molar-refractivity contribution is 6.20. The van der Waals surface area contributed by atoms with E-state index in [1.807, 2.05) is 0 Å². The number of hydrogen-bond donors (Lipinski definition) is 3. The van der Waals surface area contributed by atoms with Gasteiger partial charge in [0.1, 0.15) is 11.2 Å². The van der Waals surface area contributed by atoms with Crippen molar-refractivity contribution >= 4 is 29.4 Å². The summed E-state index contributed by atoms with van der Waals surface area (Å²) in [5.74, 6) is -7.92. The highest BCUT2D eigenvalue weighted by Gasteiger charge is 2.59. The molecule has 0 fully saturated rings. The Morgan fingerprint density at radius 3 is 1.83 bits per heavy atom. The van der Waals surface area contributed by atoms with Crippen molar-refractivity contribution in [3.63, 3.8) is 0 Å². The molecule has 0 amide bonds. The van der Waals surface area contributed by atoms with Crippen LogP contribution in [0.2, 0.25) is 0 Å². The second-order valence-corrected chi connectivity index (χ2v) is 8.59. The fourth-order valence-electron chi connectivity index (χ4n) is 2.43. The third kappa shape index (κ3) is 5.77. The number of carbonyl (C=O) groups is 4. The standard InChI is InChI=1S/C20H28N2O7/c1-18(2,3)28-15(24)13(14(23)11-9-7-8-10-12(11)21)20(22,16(25)26)17(27)29-19(4,5)6/h7-10,13H,21-22H2,1-6H3,(H,25,26). The van der Waals surface area contributed by atoms with Crippen LogP contribution in [0.1, 0.15) is 51.9 Å². The average Bonchev–Trinajstić information content (AvgIpc) is 2.51. The molecule has 0 bridgehead atoms. The van der Waals surface area contributed by atoms with E-state index in [2.05, 4.69) is 0 Å². The number of esters is 2. The first-order chi connectivity index (χ1) is 13.0. The Kier molecular flexibility index (Phi) is 6.81. The Morgan fingerprint density at radius 2 is 1.41 bits per heavy atom. The number of aliphatic carboxylic acids is 1. The zero-order chi connectivity index (χ0) is 22.8. The van der Waals surface area contributed by atoms with Crippen molar-refractivity contribution in [2.75, 3.05) is 5.73 Å². The van der Waals surface area contributed by atoms with E-state index in [9.17, 15) is 24.3 Å². The third-order valence-corrected chi connectivity index (χ3v) is 3.68. The summed E-state index contributed by atoms with van der Waals surface area (Å²) in [5, 5.41) is 9.77. The molecule has 2 unspecified atom stereocenters. The van der Waals surface area contributed by atoms with Crippen LogP contribution in [0.3, 0.4) is 0 Å². The average molecular weight is 408 g/mol. The maximum absolute atomic E-state index is 13.2. The number of nitrogens with two attached hydrogens (primary N) is 2. The van der Waals surface area contributed by atoms with E-state index in [0.29, 0.717) is 0 Å². The largest absolute Gasteiger partial charge is 0.479 e. The smallest absolute Gasteiger partial charge is 0.339 e. The van der Waals surface area contributed by atoms with Gasteiger partial charge in [-0.25, -0.2) is 9.59 Å². The Hall–Kier alpha value is -2.94. The monoisotopic (exact) mass is 408 g/mol. The van der Waals surface area contributed by atoms with Gasteiger partial charge < -0.3 is 26.0 Å². The molecule has 0 aromatic heterocycles. The van der Waals surface area contributed by atoms with Crippen LogP contribution in [-0.4, -0.2) is 45.5 Å². The van der Waals surface area contributed by atoms with Crippen LogP contribution in [0.25, 0.3) is 0 Å². The maximum Gasteiger partial charge on any atom is 0.339 e. The van der Waals surface area contributed by atoms with Crippen LogP contribution in [0.4, 0.5) is 5.69 Å². The molecule has 0 aliphatic heterocycles. The van der Waals surface area contributed by atoms with Crippen molar-refractivity contribution in [1.82, 2.24) is 0 Å². The molecular formula is C20H28N2O7. The van der Waals surface area contributed by atoms with E-state index in [-0.39, 0.29) is 11.3 Å². The van der Waals surface area contributed by atoms with Gasteiger partial charge in [-0.15, -0.1) is 0 Å². The Labute approximate surface area is 169 Å². The summed E-state index contributed by atoms with van der Waals surface area (Å²) in [5.41, 5.74) is 6.31. The summed E-state index contributed by atoms with van der Waals surface area (Å²) in [7, 11) is 0. The maximum atomic E-state index is 13.2. The van der Waals surface area contributed by atoms with E-state index < -0.39 is 46.4 Å².